The van der Waals surface area contributed by atoms with Crippen LogP contribution in [0.15, 0.2) is 30.3 Å². The number of rotatable bonds is 0. The van der Waals surface area contributed by atoms with Crippen molar-refractivity contribution in [3.05, 3.63) is 47.0 Å². The van der Waals surface area contributed by atoms with Crippen LogP contribution in [0.2, 0.25) is 0 Å². The summed E-state index contributed by atoms with van der Waals surface area (Å²) in [6, 6.07) is 8.51. The summed E-state index contributed by atoms with van der Waals surface area (Å²) in [5.41, 5.74) is 3.15. The molecule has 1 heterocycles. The molecule has 3 heteroatoms. The zero-order valence-corrected chi connectivity index (χ0v) is 10.3. The van der Waals surface area contributed by atoms with E-state index < -0.39 is 0 Å². The van der Waals surface area contributed by atoms with E-state index >= 15 is 0 Å². The van der Waals surface area contributed by atoms with E-state index in [-0.39, 0.29) is 17.4 Å². The third-order valence-electron chi connectivity index (χ3n) is 3.45. The van der Waals surface area contributed by atoms with Gasteiger partial charge in [-0.25, -0.2) is 0 Å². The third-order valence-corrected chi connectivity index (χ3v) is 3.45. The number of aryl methyl sites for hydroxylation is 1. The van der Waals surface area contributed by atoms with Crippen LogP contribution in [-0.4, -0.2) is 10.2 Å². The van der Waals surface area contributed by atoms with Gasteiger partial charge in [-0.15, -0.1) is 0 Å². The monoisotopic (exact) mass is 242 g/mol. The maximum atomic E-state index is 9.63. The average Bonchev–Trinajstić information content (AvgIpc) is 2.27. The summed E-state index contributed by atoms with van der Waals surface area (Å²) in [7, 11) is 0. The zero-order chi connectivity index (χ0) is 12.9. The molecule has 2 aromatic carbocycles. The van der Waals surface area contributed by atoms with E-state index in [0.717, 1.165) is 16.7 Å². The van der Waals surface area contributed by atoms with E-state index in [1.54, 1.807) is 24.3 Å². The van der Waals surface area contributed by atoms with E-state index in [4.69, 9.17) is 4.74 Å². The topological polar surface area (TPSA) is 49.7 Å². The quantitative estimate of drug-likeness (QED) is 0.741. The standard InChI is InChI=1S/C15H14O3/c1-8-5-11(17)7-14-15(8)9(2)12-4-3-10(16)6-13(12)18-14/h3-7,9,16-17H,1-2H3. The molecule has 0 saturated heterocycles. The second kappa shape index (κ2) is 3.67. The molecule has 0 amide bonds. The molecule has 1 atom stereocenters. The second-order valence-corrected chi connectivity index (χ2v) is 4.72. The fourth-order valence-electron chi connectivity index (χ4n) is 2.63. The lowest BCUT2D eigenvalue weighted by Gasteiger charge is -2.27. The van der Waals surface area contributed by atoms with Gasteiger partial charge >= 0.3 is 0 Å². The van der Waals surface area contributed by atoms with E-state index in [0.29, 0.717) is 11.5 Å². The van der Waals surface area contributed by atoms with Gasteiger partial charge in [0.1, 0.15) is 23.0 Å². The Morgan fingerprint density at radius 3 is 2.50 bits per heavy atom. The second-order valence-electron chi connectivity index (χ2n) is 4.72. The molecule has 2 aromatic rings. The number of aromatic hydroxyl groups is 2. The molecule has 0 radical (unpaired) electrons. The molecule has 0 saturated carbocycles. The lowest BCUT2D eigenvalue weighted by Crippen LogP contribution is -2.09. The molecule has 1 unspecified atom stereocenters. The molecule has 18 heavy (non-hydrogen) atoms. The molecule has 92 valence electrons. The highest BCUT2D eigenvalue weighted by Crippen LogP contribution is 2.47. The van der Waals surface area contributed by atoms with Crippen molar-refractivity contribution >= 4 is 0 Å². The normalized spacial score (nSPS) is 16.7. The maximum absolute atomic E-state index is 9.63. The van der Waals surface area contributed by atoms with Gasteiger partial charge in [0.05, 0.1) is 0 Å². The largest absolute Gasteiger partial charge is 0.508 e. The Morgan fingerprint density at radius 2 is 1.72 bits per heavy atom. The summed E-state index contributed by atoms with van der Waals surface area (Å²) in [5.74, 6) is 1.88. The van der Waals surface area contributed by atoms with Gasteiger partial charge in [-0.05, 0) is 24.6 Å². The Kier molecular flexibility index (Phi) is 2.23. The predicted octanol–water partition coefficient (Wildman–Crippen LogP) is 3.66. The minimum atomic E-state index is 0.182. The zero-order valence-electron chi connectivity index (χ0n) is 10.3. The van der Waals surface area contributed by atoms with Gasteiger partial charge in [0.2, 0.25) is 0 Å². The first-order chi connectivity index (χ1) is 8.56. The molecule has 2 N–H and O–H groups in total. The fraction of sp³-hybridized carbons (Fsp3) is 0.200. The third kappa shape index (κ3) is 1.51. The predicted molar refractivity (Wildman–Crippen MR) is 68.5 cm³/mol. The lowest BCUT2D eigenvalue weighted by atomic mass is 9.87. The van der Waals surface area contributed by atoms with Gasteiger partial charge in [-0.3, -0.25) is 0 Å². The minimum absolute atomic E-state index is 0.182. The molecule has 3 rings (SSSR count). The van der Waals surface area contributed by atoms with Gasteiger partial charge in [0.25, 0.3) is 0 Å². The molecule has 3 nitrogen and oxygen atoms in total. The Morgan fingerprint density at radius 1 is 1.00 bits per heavy atom. The molecule has 1 aliphatic heterocycles. The number of phenols is 2. The number of fused-ring (bicyclic) bond motifs is 2. The maximum Gasteiger partial charge on any atom is 0.135 e. The summed E-state index contributed by atoms with van der Waals surface area (Å²) in [4.78, 5) is 0. The van der Waals surface area contributed by atoms with Crippen molar-refractivity contribution in [1.82, 2.24) is 0 Å². The van der Waals surface area contributed by atoms with Crippen LogP contribution in [0.3, 0.4) is 0 Å². The van der Waals surface area contributed by atoms with Gasteiger partial charge in [0.15, 0.2) is 0 Å². The molecular formula is C15H14O3. The van der Waals surface area contributed by atoms with Crippen molar-refractivity contribution in [2.45, 2.75) is 19.8 Å². The molecule has 0 spiro atoms. The van der Waals surface area contributed by atoms with Crippen molar-refractivity contribution in [1.29, 1.82) is 0 Å². The summed E-state index contributed by atoms with van der Waals surface area (Å²) in [6.07, 6.45) is 0. The summed E-state index contributed by atoms with van der Waals surface area (Å²) < 4.78 is 5.77. The van der Waals surface area contributed by atoms with Crippen LogP contribution in [0, 0.1) is 6.92 Å². The molecule has 0 bridgehead atoms. The molecule has 0 fully saturated rings. The lowest BCUT2D eigenvalue weighted by molar-refractivity contribution is 0.425. The van der Waals surface area contributed by atoms with Crippen LogP contribution < -0.4 is 4.74 Å². The highest BCUT2D eigenvalue weighted by atomic mass is 16.5. The van der Waals surface area contributed by atoms with Crippen molar-refractivity contribution in [2.24, 2.45) is 0 Å². The van der Waals surface area contributed by atoms with Gasteiger partial charge in [-0.1, -0.05) is 13.0 Å². The summed E-state index contributed by atoms with van der Waals surface area (Å²) in [6.45, 7) is 4.06. The SMILES string of the molecule is Cc1cc(O)cc2c1C(C)c1ccc(O)cc1O2. The minimum Gasteiger partial charge on any atom is -0.508 e. The first-order valence-electron chi connectivity index (χ1n) is 5.90. The molecule has 1 aliphatic rings. The van der Waals surface area contributed by atoms with Crippen molar-refractivity contribution < 1.29 is 14.9 Å². The van der Waals surface area contributed by atoms with Crippen LogP contribution >= 0.6 is 0 Å². The number of hydrogen-bond donors (Lipinski definition) is 2. The van der Waals surface area contributed by atoms with Gasteiger partial charge < -0.3 is 14.9 Å². The van der Waals surface area contributed by atoms with E-state index in [1.807, 2.05) is 13.0 Å². The average molecular weight is 242 g/mol. The van der Waals surface area contributed by atoms with Crippen LogP contribution in [0.4, 0.5) is 0 Å². The van der Waals surface area contributed by atoms with E-state index in [1.165, 1.54) is 0 Å². The Balaban J connectivity index is 2.21. The summed E-state index contributed by atoms with van der Waals surface area (Å²) in [5, 5.41) is 19.1. The van der Waals surface area contributed by atoms with Crippen LogP contribution in [0.25, 0.3) is 0 Å². The van der Waals surface area contributed by atoms with Crippen LogP contribution in [0.5, 0.6) is 23.0 Å². The Bertz CT molecular complexity index is 632. The van der Waals surface area contributed by atoms with E-state index in [2.05, 4.69) is 6.92 Å². The smallest absolute Gasteiger partial charge is 0.135 e. The fourth-order valence-corrected chi connectivity index (χ4v) is 2.63. The number of benzene rings is 2. The van der Waals surface area contributed by atoms with E-state index in [9.17, 15) is 10.2 Å². The number of ether oxygens (including phenoxy) is 1. The summed E-state index contributed by atoms with van der Waals surface area (Å²) >= 11 is 0. The Labute approximate surface area is 105 Å². The van der Waals surface area contributed by atoms with Gasteiger partial charge in [0, 0.05) is 29.2 Å². The van der Waals surface area contributed by atoms with Crippen molar-refractivity contribution in [3.63, 3.8) is 0 Å². The molecule has 0 aliphatic carbocycles. The highest BCUT2D eigenvalue weighted by molar-refractivity contribution is 5.58. The van der Waals surface area contributed by atoms with Crippen molar-refractivity contribution in [2.75, 3.05) is 0 Å². The first kappa shape index (κ1) is 11.0. The molecule has 0 aromatic heterocycles. The van der Waals surface area contributed by atoms with Gasteiger partial charge in [-0.2, -0.15) is 0 Å². The highest BCUT2D eigenvalue weighted by Gasteiger charge is 2.26. The number of hydrogen-bond acceptors (Lipinski definition) is 3. The number of phenolic OH excluding ortho intramolecular Hbond substituents is 2. The van der Waals surface area contributed by atoms with Crippen molar-refractivity contribution in [3.8, 4) is 23.0 Å². The van der Waals surface area contributed by atoms with Crippen LogP contribution in [0.1, 0.15) is 29.5 Å². The van der Waals surface area contributed by atoms with Crippen LogP contribution in [-0.2, 0) is 0 Å². The Hall–Kier alpha value is -2.16. The first-order valence-corrected chi connectivity index (χ1v) is 5.90. The molecular weight excluding hydrogens is 228 g/mol.